The normalized spacial score (nSPS) is 10.0. The molecule has 0 fully saturated rings. The minimum absolute atomic E-state index is 0.0192. The molecule has 0 N–H and O–H groups in total. The number of hydrogen-bond acceptors (Lipinski definition) is 2. The molecule has 1 aromatic carbocycles. The lowest BCUT2D eigenvalue weighted by molar-refractivity contribution is 0.230. The number of halogens is 2. The Kier molecular flexibility index (Phi) is 3.48. The van der Waals surface area contributed by atoms with E-state index in [0.29, 0.717) is 4.47 Å². The molecule has 0 heterocycles. The van der Waals surface area contributed by atoms with Gasteiger partial charge in [0, 0.05) is 4.47 Å². The zero-order valence-corrected chi connectivity index (χ0v) is 9.43. The van der Waals surface area contributed by atoms with Gasteiger partial charge in [-0.2, -0.15) is 5.26 Å². The molecule has 0 aliphatic rings. The molecule has 0 saturated carbocycles. The van der Waals surface area contributed by atoms with E-state index < -0.39 is 5.82 Å². The number of ether oxygens (including phenoxy) is 1. The largest absolute Gasteiger partial charge is 0.487 e. The lowest BCUT2D eigenvalue weighted by Gasteiger charge is -2.12. The molecule has 0 spiro atoms. The highest BCUT2D eigenvalue weighted by Crippen LogP contribution is 2.27. The van der Waals surface area contributed by atoms with Gasteiger partial charge in [-0.3, -0.25) is 0 Å². The maximum atomic E-state index is 13.4. The van der Waals surface area contributed by atoms with Crippen LogP contribution < -0.4 is 4.74 Å². The molecule has 1 aromatic rings. The summed E-state index contributed by atoms with van der Waals surface area (Å²) in [5, 5.41) is 8.76. The van der Waals surface area contributed by atoms with Crippen LogP contribution in [0, 0.1) is 17.1 Å². The lowest BCUT2D eigenvalue weighted by Crippen LogP contribution is -2.08. The first-order valence-corrected chi connectivity index (χ1v) is 4.89. The summed E-state index contributed by atoms with van der Waals surface area (Å²) in [7, 11) is 0. The van der Waals surface area contributed by atoms with Crippen LogP contribution in [-0.2, 0) is 0 Å². The van der Waals surface area contributed by atoms with E-state index in [9.17, 15) is 4.39 Å². The predicted molar refractivity (Wildman–Crippen MR) is 54.6 cm³/mol. The monoisotopic (exact) mass is 257 g/mol. The quantitative estimate of drug-likeness (QED) is 0.815. The Morgan fingerprint density at radius 2 is 2.14 bits per heavy atom. The van der Waals surface area contributed by atoms with Crippen LogP contribution in [0.4, 0.5) is 4.39 Å². The van der Waals surface area contributed by atoms with Gasteiger partial charge in [0.25, 0.3) is 0 Å². The number of nitrogens with zero attached hydrogens (tertiary/aromatic N) is 1. The van der Waals surface area contributed by atoms with Crippen molar-refractivity contribution < 1.29 is 9.13 Å². The van der Waals surface area contributed by atoms with Crippen molar-refractivity contribution >= 4 is 15.9 Å². The van der Waals surface area contributed by atoms with E-state index in [1.165, 1.54) is 12.1 Å². The van der Waals surface area contributed by atoms with Crippen molar-refractivity contribution in [2.75, 3.05) is 0 Å². The fourth-order valence-electron chi connectivity index (χ4n) is 0.999. The van der Waals surface area contributed by atoms with Gasteiger partial charge in [-0.25, -0.2) is 4.39 Å². The molecule has 4 heteroatoms. The molecule has 0 saturated heterocycles. The van der Waals surface area contributed by atoms with E-state index in [-0.39, 0.29) is 17.4 Å². The average Bonchev–Trinajstić information content (AvgIpc) is 2.08. The number of benzene rings is 1. The molecule has 0 aliphatic carbocycles. The standard InChI is InChI=1S/C10H9BrFNO/c1-6(2)14-10-7(5-13)3-8(11)4-9(10)12/h3-4,6H,1-2H3. The second-order valence-electron chi connectivity index (χ2n) is 3.04. The lowest BCUT2D eigenvalue weighted by atomic mass is 10.2. The van der Waals surface area contributed by atoms with Crippen molar-refractivity contribution in [3.8, 4) is 11.8 Å². The average molecular weight is 258 g/mol. The van der Waals surface area contributed by atoms with Crippen LogP contribution in [0.2, 0.25) is 0 Å². The molecule has 2 nitrogen and oxygen atoms in total. The third-order valence-electron chi connectivity index (χ3n) is 1.48. The summed E-state index contributed by atoms with van der Waals surface area (Å²) in [6, 6.07) is 4.69. The van der Waals surface area contributed by atoms with Crippen LogP contribution >= 0.6 is 15.9 Å². The summed E-state index contributed by atoms with van der Waals surface area (Å²) >= 11 is 3.11. The molecule has 0 radical (unpaired) electrons. The molecule has 0 aromatic heterocycles. The minimum atomic E-state index is -0.523. The smallest absolute Gasteiger partial charge is 0.173 e. The van der Waals surface area contributed by atoms with Crippen LogP contribution in [0.25, 0.3) is 0 Å². The van der Waals surface area contributed by atoms with Gasteiger partial charge in [-0.05, 0) is 26.0 Å². The highest BCUT2D eigenvalue weighted by molar-refractivity contribution is 9.10. The third-order valence-corrected chi connectivity index (χ3v) is 1.94. The Labute approximate surface area is 90.4 Å². The first-order valence-electron chi connectivity index (χ1n) is 4.10. The second kappa shape index (κ2) is 4.43. The van der Waals surface area contributed by atoms with Crippen molar-refractivity contribution in [3.63, 3.8) is 0 Å². The van der Waals surface area contributed by atoms with E-state index in [1.54, 1.807) is 13.8 Å². The molecule has 0 aliphatic heterocycles. The second-order valence-corrected chi connectivity index (χ2v) is 3.96. The molecule has 74 valence electrons. The summed E-state index contributed by atoms with van der Waals surface area (Å²) in [6.45, 7) is 3.56. The molecule has 1 rings (SSSR count). The van der Waals surface area contributed by atoms with Crippen LogP contribution in [0.5, 0.6) is 5.75 Å². The summed E-state index contributed by atoms with van der Waals surface area (Å²) in [6.07, 6.45) is -0.155. The van der Waals surface area contributed by atoms with E-state index in [1.807, 2.05) is 6.07 Å². The molecule has 14 heavy (non-hydrogen) atoms. The van der Waals surface area contributed by atoms with Crippen LogP contribution in [0.3, 0.4) is 0 Å². The first kappa shape index (κ1) is 11.0. The molecular weight excluding hydrogens is 249 g/mol. The summed E-state index contributed by atoms with van der Waals surface area (Å²) < 4.78 is 19.1. The van der Waals surface area contributed by atoms with Crippen LogP contribution in [0.15, 0.2) is 16.6 Å². The van der Waals surface area contributed by atoms with Crippen molar-refractivity contribution in [2.24, 2.45) is 0 Å². The van der Waals surface area contributed by atoms with Crippen LogP contribution in [0.1, 0.15) is 19.4 Å². The van der Waals surface area contributed by atoms with Crippen LogP contribution in [-0.4, -0.2) is 6.10 Å². The van der Waals surface area contributed by atoms with E-state index in [0.717, 1.165) is 0 Å². The summed E-state index contributed by atoms with van der Waals surface area (Å²) in [5.41, 5.74) is 0.200. The summed E-state index contributed by atoms with van der Waals surface area (Å²) in [5.74, 6) is -0.504. The van der Waals surface area contributed by atoms with Gasteiger partial charge in [0.2, 0.25) is 0 Å². The Morgan fingerprint density at radius 1 is 1.50 bits per heavy atom. The Hall–Kier alpha value is -1.08. The molecule has 0 bridgehead atoms. The Morgan fingerprint density at radius 3 is 2.64 bits per heavy atom. The van der Waals surface area contributed by atoms with Gasteiger partial charge in [-0.1, -0.05) is 15.9 Å². The van der Waals surface area contributed by atoms with Gasteiger partial charge in [-0.15, -0.1) is 0 Å². The van der Waals surface area contributed by atoms with E-state index in [4.69, 9.17) is 10.00 Å². The summed E-state index contributed by atoms with van der Waals surface area (Å²) in [4.78, 5) is 0. The first-order chi connectivity index (χ1) is 6.54. The predicted octanol–water partition coefficient (Wildman–Crippen LogP) is 3.25. The van der Waals surface area contributed by atoms with Crippen molar-refractivity contribution in [1.82, 2.24) is 0 Å². The third kappa shape index (κ3) is 2.46. The van der Waals surface area contributed by atoms with Gasteiger partial charge in [0.05, 0.1) is 11.7 Å². The molecule has 0 atom stereocenters. The molecule has 0 unspecified atom stereocenters. The zero-order valence-electron chi connectivity index (χ0n) is 7.84. The van der Waals surface area contributed by atoms with Crippen molar-refractivity contribution in [1.29, 1.82) is 5.26 Å². The van der Waals surface area contributed by atoms with Gasteiger partial charge >= 0.3 is 0 Å². The molecular formula is C10H9BrFNO. The Balaban J connectivity index is 3.20. The SMILES string of the molecule is CC(C)Oc1c(F)cc(Br)cc1C#N. The highest BCUT2D eigenvalue weighted by atomic mass is 79.9. The number of hydrogen-bond donors (Lipinski definition) is 0. The zero-order chi connectivity index (χ0) is 10.7. The van der Waals surface area contributed by atoms with Gasteiger partial charge in [0.15, 0.2) is 11.6 Å². The fourth-order valence-corrected chi connectivity index (χ4v) is 1.43. The Bertz CT molecular complexity index is 384. The highest BCUT2D eigenvalue weighted by Gasteiger charge is 2.12. The fraction of sp³-hybridized carbons (Fsp3) is 0.300. The number of rotatable bonds is 2. The maximum absolute atomic E-state index is 13.4. The minimum Gasteiger partial charge on any atom is -0.487 e. The van der Waals surface area contributed by atoms with E-state index in [2.05, 4.69) is 15.9 Å². The topological polar surface area (TPSA) is 33.0 Å². The number of nitriles is 1. The maximum Gasteiger partial charge on any atom is 0.173 e. The van der Waals surface area contributed by atoms with Gasteiger partial charge < -0.3 is 4.74 Å². The van der Waals surface area contributed by atoms with E-state index >= 15 is 0 Å². The van der Waals surface area contributed by atoms with Crippen molar-refractivity contribution in [3.05, 3.63) is 28.0 Å². The van der Waals surface area contributed by atoms with Gasteiger partial charge in [0.1, 0.15) is 6.07 Å². The molecule has 0 amide bonds. The van der Waals surface area contributed by atoms with Crippen molar-refractivity contribution in [2.45, 2.75) is 20.0 Å².